The van der Waals surface area contributed by atoms with Crippen molar-refractivity contribution in [2.24, 2.45) is 40.0 Å². The van der Waals surface area contributed by atoms with Crippen LogP contribution in [0.5, 0.6) is 0 Å². The molecule has 6 atom stereocenters. The van der Waals surface area contributed by atoms with Gasteiger partial charge in [0, 0.05) is 23.9 Å². The van der Waals surface area contributed by atoms with Crippen LogP contribution in [0, 0.1) is 41.4 Å². The molecular weight excluding hydrogens is 624 g/mol. The number of nitrogens with two attached hydrogens (primary N) is 1. The molecule has 1 saturated heterocycles. The van der Waals surface area contributed by atoms with Crippen molar-refractivity contribution in [1.82, 2.24) is 20.9 Å². The first-order chi connectivity index (χ1) is 23.1. The zero-order valence-electron chi connectivity index (χ0n) is 30.0. The number of likely N-dealkylation sites (tertiary alicyclic amines) is 1. The highest BCUT2D eigenvalue weighted by atomic mass is 16.6. The maximum atomic E-state index is 14.4. The number of primary amides is 1. The number of terminal acetylenes is 1. The molecule has 49 heavy (non-hydrogen) atoms. The Labute approximate surface area is 290 Å². The third kappa shape index (κ3) is 10.5. The Hall–Kier alpha value is -4.40. The minimum absolute atomic E-state index is 0.0957. The zero-order chi connectivity index (χ0) is 36.5. The average Bonchev–Trinajstić information content (AvgIpc) is 3.77. The largest absolute Gasteiger partial charge is 0.399 e. The van der Waals surface area contributed by atoms with Crippen molar-refractivity contribution in [2.75, 3.05) is 13.7 Å². The van der Waals surface area contributed by atoms with E-state index in [1.54, 1.807) is 0 Å². The summed E-state index contributed by atoms with van der Waals surface area (Å²) in [6, 6.07) is 5.01. The standard InChI is InChI=1S/C37H54N6O6/c1-9-23(4)26-20-21-43(30(26)34(46)39-27(31(44)33(38)45)17-13-14-24-18-19-24)35(47)32(37(5,6)7)41-36(48)40-28(22(2)3)29(42-49-8)25-15-11-10-12-16-25/h1,10-12,15-16,22-24,26-28,30,32H,13-14,17-21H2,2-8H3,(H2,38,45)(H,39,46)(H2,40,41,48)/b42-29+/t23?,26-,27?,28+,30+,32-/m1/s1. The number of nitrogens with zero attached hydrogens (tertiary/aromatic N) is 2. The first-order valence-electron chi connectivity index (χ1n) is 17.2. The van der Waals surface area contributed by atoms with E-state index in [1.807, 2.05) is 71.9 Å². The van der Waals surface area contributed by atoms with E-state index in [0.29, 0.717) is 24.5 Å². The topological polar surface area (TPSA) is 172 Å². The van der Waals surface area contributed by atoms with Crippen LogP contribution in [0.2, 0.25) is 0 Å². The number of hydrogen-bond acceptors (Lipinski definition) is 7. The highest BCUT2D eigenvalue weighted by molar-refractivity contribution is 6.37. The van der Waals surface area contributed by atoms with Crippen LogP contribution < -0.4 is 21.7 Å². The van der Waals surface area contributed by atoms with E-state index in [0.717, 1.165) is 24.8 Å². The number of hydrogen-bond donors (Lipinski definition) is 4. The third-order valence-corrected chi connectivity index (χ3v) is 9.47. The lowest BCUT2D eigenvalue weighted by molar-refractivity contribution is -0.144. The van der Waals surface area contributed by atoms with E-state index in [2.05, 4.69) is 27.0 Å². The fourth-order valence-corrected chi connectivity index (χ4v) is 6.44. The van der Waals surface area contributed by atoms with Crippen LogP contribution >= 0.6 is 0 Å². The van der Waals surface area contributed by atoms with Gasteiger partial charge in [-0.15, -0.1) is 12.3 Å². The van der Waals surface area contributed by atoms with Gasteiger partial charge in [0.05, 0.1) is 12.1 Å². The molecule has 1 aliphatic heterocycles. The van der Waals surface area contributed by atoms with Gasteiger partial charge in [-0.1, -0.05) is 103 Å². The molecule has 0 aromatic heterocycles. The minimum Gasteiger partial charge on any atom is -0.399 e. The fraction of sp³-hybridized carbons (Fsp3) is 0.622. The van der Waals surface area contributed by atoms with E-state index in [9.17, 15) is 24.0 Å². The molecule has 0 bridgehead atoms. The number of carbonyl (C=O) groups is 5. The lowest BCUT2D eigenvalue weighted by Gasteiger charge is -2.37. The lowest BCUT2D eigenvalue weighted by Crippen LogP contribution is -2.62. The Balaban J connectivity index is 1.87. The number of ketones is 1. The van der Waals surface area contributed by atoms with E-state index in [1.165, 1.54) is 12.0 Å². The molecule has 12 nitrogen and oxygen atoms in total. The molecule has 268 valence electrons. The summed E-state index contributed by atoms with van der Waals surface area (Å²) in [5.74, 6) is -0.623. The summed E-state index contributed by atoms with van der Waals surface area (Å²) >= 11 is 0. The summed E-state index contributed by atoms with van der Waals surface area (Å²) < 4.78 is 0. The monoisotopic (exact) mass is 678 g/mol. The molecule has 3 rings (SSSR count). The third-order valence-electron chi connectivity index (χ3n) is 9.47. The summed E-state index contributed by atoms with van der Waals surface area (Å²) in [6.07, 6.45) is 10.3. The molecule has 2 aliphatic rings. The number of carbonyl (C=O) groups excluding carboxylic acids is 5. The van der Waals surface area contributed by atoms with Gasteiger partial charge in [0.1, 0.15) is 24.9 Å². The number of urea groups is 1. The minimum atomic E-state index is -1.13. The van der Waals surface area contributed by atoms with Crippen LogP contribution in [0.4, 0.5) is 4.79 Å². The number of oxime groups is 1. The van der Waals surface area contributed by atoms with Gasteiger partial charge in [0.2, 0.25) is 17.6 Å². The molecule has 5 N–H and O–H groups in total. The van der Waals surface area contributed by atoms with E-state index >= 15 is 0 Å². The van der Waals surface area contributed by atoms with Gasteiger partial charge < -0.3 is 31.4 Å². The first-order valence-corrected chi connectivity index (χ1v) is 17.2. The Kier molecular flexibility index (Phi) is 13.8. The first kappa shape index (κ1) is 39.0. The van der Waals surface area contributed by atoms with Gasteiger partial charge in [0.15, 0.2) is 0 Å². The molecule has 1 aliphatic carbocycles. The van der Waals surface area contributed by atoms with Gasteiger partial charge in [0.25, 0.3) is 5.91 Å². The molecule has 2 fully saturated rings. The smallest absolute Gasteiger partial charge is 0.316 e. The van der Waals surface area contributed by atoms with Crippen molar-refractivity contribution in [3.05, 3.63) is 35.9 Å². The van der Waals surface area contributed by atoms with Crippen molar-refractivity contribution in [3.8, 4) is 12.3 Å². The maximum absolute atomic E-state index is 14.4. The molecule has 1 saturated carbocycles. The van der Waals surface area contributed by atoms with Gasteiger partial charge >= 0.3 is 6.03 Å². The predicted molar refractivity (Wildman–Crippen MR) is 188 cm³/mol. The highest BCUT2D eigenvalue weighted by Crippen LogP contribution is 2.35. The Bertz CT molecular complexity index is 1410. The number of nitrogens with one attached hydrogen (secondary N) is 3. The molecule has 1 aromatic carbocycles. The summed E-state index contributed by atoms with van der Waals surface area (Å²) in [7, 11) is 1.44. The quantitative estimate of drug-likeness (QED) is 0.0904. The molecule has 0 spiro atoms. The number of Topliss-reactive ketones (excluding diaryl/α,β-unsaturated/α-hetero) is 1. The number of amides is 5. The molecule has 1 heterocycles. The van der Waals surface area contributed by atoms with Crippen LogP contribution in [0.3, 0.4) is 0 Å². The zero-order valence-corrected chi connectivity index (χ0v) is 30.0. The van der Waals surface area contributed by atoms with E-state index in [4.69, 9.17) is 17.0 Å². The summed E-state index contributed by atoms with van der Waals surface area (Å²) in [5.41, 5.74) is 5.87. The number of rotatable bonds is 16. The van der Waals surface area contributed by atoms with Gasteiger partial charge in [-0.25, -0.2) is 4.79 Å². The summed E-state index contributed by atoms with van der Waals surface area (Å²) in [4.78, 5) is 73.4. The molecule has 5 amide bonds. The second-order valence-electron chi connectivity index (χ2n) is 14.7. The average molecular weight is 679 g/mol. The van der Waals surface area contributed by atoms with Crippen LogP contribution in [0.15, 0.2) is 35.5 Å². The lowest BCUT2D eigenvalue weighted by atomic mass is 9.84. The second-order valence-corrected chi connectivity index (χ2v) is 14.7. The molecular formula is C37H54N6O6. The van der Waals surface area contributed by atoms with Crippen LogP contribution in [-0.4, -0.2) is 78.0 Å². The summed E-state index contributed by atoms with van der Waals surface area (Å²) in [6.45, 7) is 11.4. The van der Waals surface area contributed by atoms with Crippen LogP contribution in [-0.2, 0) is 24.0 Å². The molecule has 0 radical (unpaired) electrons. The SMILES string of the molecule is C#CC(C)[C@H]1CCN(C(=O)[C@@H](NC(=O)N[C@H](/C(=N/OC)c2ccccc2)C(C)C)C(C)(C)C)[C@@H]1C(=O)NC(CCCC1CC1)C(=O)C(N)=O. The van der Waals surface area contributed by atoms with Crippen LogP contribution in [0.1, 0.15) is 85.6 Å². The van der Waals surface area contributed by atoms with Crippen molar-refractivity contribution in [3.63, 3.8) is 0 Å². The molecule has 1 aromatic rings. The Morgan fingerprint density at radius 3 is 2.22 bits per heavy atom. The van der Waals surface area contributed by atoms with E-state index < -0.39 is 65.0 Å². The Morgan fingerprint density at radius 2 is 1.69 bits per heavy atom. The van der Waals surface area contributed by atoms with Gasteiger partial charge in [-0.2, -0.15) is 0 Å². The van der Waals surface area contributed by atoms with Gasteiger partial charge in [-0.3, -0.25) is 19.2 Å². The normalized spacial score (nSPS) is 20.4. The second kappa shape index (κ2) is 17.3. The molecule has 12 heteroatoms. The Morgan fingerprint density at radius 1 is 1.04 bits per heavy atom. The van der Waals surface area contributed by atoms with Crippen molar-refractivity contribution in [1.29, 1.82) is 0 Å². The maximum Gasteiger partial charge on any atom is 0.316 e. The predicted octanol–water partition coefficient (Wildman–Crippen LogP) is 3.38. The van der Waals surface area contributed by atoms with Crippen molar-refractivity contribution < 1.29 is 28.8 Å². The fourth-order valence-electron chi connectivity index (χ4n) is 6.44. The molecule has 2 unspecified atom stereocenters. The van der Waals surface area contributed by atoms with Crippen molar-refractivity contribution >= 4 is 35.2 Å². The number of benzene rings is 1. The highest BCUT2D eigenvalue weighted by Gasteiger charge is 2.48. The van der Waals surface area contributed by atoms with Gasteiger partial charge in [-0.05, 0) is 30.1 Å². The summed E-state index contributed by atoms with van der Waals surface area (Å²) in [5, 5.41) is 12.8. The van der Waals surface area contributed by atoms with Crippen LogP contribution in [0.25, 0.3) is 0 Å². The van der Waals surface area contributed by atoms with Crippen molar-refractivity contribution in [2.45, 2.75) is 104 Å². The van der Waals surface area contributed by atoms with E-state index in [-0.39, 0.29) is 24.8 Å².